The highest BCUT2D eigenvalue weighted by Crippen LogP contribution is 2.42. The highest BCUT2D eigenvalue weighted by Gasteiger charge is 2.41. The normalized spacial score (nSPS) is 26.7. The Hall–Kier alpha value is -0.970. The number of aliphatic hydroxyl groups is 1. The van der Waals surface area contributed by atoms with Gasteiger partial charge in [-0.15, -0.1) is 0 Å². The van der Waals surface area contributed by atoms with Gasteiger partial charge in [-0.3, -0.25) is 4.98 Å². The standard InChI is InChI=1S/C17H25NO3/c1-12-3-4-15(13(2)18-12)16(19)14-5-8-21-17(11-14)6-9-20-10-7-17/h3-4,14,16,19H,5-11H2,1-2H3. The number of pyridine rings is 1. The van der Waals surface area contributed by atoms with Gasteiger partial charge in [0.1, 0.15) is 0 Å². The van der Waals surface area contributed by atoms with Crippen molar-refractivity contribution in [3.05, 3.63) is 29.1 Å². The van der Waals surface area contributed by atoms with Crippen LogP contribution < -0.4 is 0 Å². The lowest BCUT2D eigenvalue weighted by Crippen LogP contribution is -2.45. The predicted octanol–water partition coefficient (Wildman–Crippen LogP) is 2.71. The molecule has 116 valence electrons. The summed E-state index contributed by atoms with van der Waals surface area (Å²) in [4.78, 5) is 4.48. The minimum atomic E-state index is -0.443. The van der Waals surface area contributed by atoms with Crippen molar-refractivity contribution < 1.29 is 14.6 Å². The van der Waals surface area contributed by atoms with Gasteiger partial charge >= 0.3 is 0 Å². The number of aliphatic hydroxyl groups excluding tert-OH is 1. The molecule has 2 atom stereocenters. The zero-order chi connectivity index (χ0) is 14.9. The van der Waals surface area contributed by atoms with E-state index in [4.69, 9.17) is 9.47 Å². The Balaban J connectivity index is 1.76. The molecule has 2 fully saturated rings. The Morgan fingerprint density at radius 1 is 1.24 bits per heavy atom. The minimum absolute atomic E-state index is 0.0752. The van der Waals surface area contributed by atoms with Gasteiger partial charge in [0.05, 0.1) is 11.7 Å². The zero-order valence-electron chi connectivity index (χ0n) is 13.0. The summed E-state index contributed by atoms with van der Waals surface area (Å²) in [5, 5.41) is 10.8. The maximum absolute atomic E-state index is 10.8. The third-order valence-corrected chi connectivity index (χ3v) is 4.97. The summed E-state index contributed by atoms with van der Waals surface area (Å²) in [5.41, 5.74) is 2.83. The number of ether oxygens (including phenoxy) is 2. The Bertz CT molecular complexity index is 491. The molecule has 0 aliphatic carbocycles. The lowest BCUT2D eigenvalue weighted by atomic mass is 9.77. The molecule has 1 aromatic heterocycles. The molecule has 0 aromatic carbocycles. The second kappa shape index (κ2) is 6.03. The summed E-state index contributed by atoms with van der Waals surface area (Å²) < 4.78 is 11.5. The lowest BCUT2D eigenvalue weighted by Gasteiger charge is -2.44. The molecule has 0 radical (unpaired) electrons. The van der Waals surface area contributed by atoms with E-state index in [9.17, 15) is 5.11 Å². The molecule has 3 heterocycles. The summed E-state index contributed by atoms with van der Waals surface area (Å²) in [6.45, 7) is 6.24. The van der Waals surface area contributed by atoms with Crippen LogP contribution in [0.25, 0.3) is 0 Å². The molecule has 2 unspecified atom stereocenters. The first-order valence-electron chi connectivity index (χ1n) is 7.94. The van der Waals surface area contributed by atoms with Crippen LogP contribution in [0.3, 0.4) is 0 Å². The molecule has 3 rings (SSSR count). The summed E-state index contributed by atoms with van der Waals surface area (Å²) >= 11 is 0. The van der Waals surface area contributed by atoms with Crippen molar-refractivity contribution in [2.24, 2.45) is 5.92 Å². The van der Waals surface area contributed by atoms with Crippen molar-refractivity contribution >= 4 is 0 Å². The van der Waals surface area contributed by atoms with E-state index >= 15 is 0 Å². The summed E-state index contributed by atoms with van der Waals surface area (Å²) in [6.07, 6.45) is 3.28. The first-order chi connectivity index (χ1) is 10.1. The lowest BCUT2D eigenvalue weighted by molar-refractivity contribution is -0.159. The number of hydrogen-bond donors (Lipinski definition) is 1. The number of rotatable bonds is 2. The zero-order valence-corrected chi connectivity index (χ0v) is 13.0. The van der Waals surface area contributed by atoms with E-state index in [2.05, 4.69) is 4.98 Å². The topological polar surface area (TPSA) is 51.6 Å². The van der Waals surface area contributed by atoms with Crippen LogP contribution in [0.15, 0.2) is 12.1 Å². The van der Waals surface area contributed by atoms with Gasteiger partial charge in [-0.25, -0.2) is 0 Å². The molecule has 4 nitrogen and oxygen atoms in total. The van der Waals surface area contributed by atoms with Gasteiger partial charge in [0.15, 0.2) is 0 Å². The van der Waals surface area contributed by atoms with E-state index in [0.717, 1.165) is 62.5 Å². The van der Waals surface area contributed by atoms with E-state index in [1.54, 1.807) is 0 Å². The molecule has 0 saturated carbocycles. The molecule has 21 heavy (non-hydrogen) atoms. The first-order valence-corrected chi connectivity index (χ1v) is 7.94. The average molecular weight is 291 g/mol. The van der Waals surface area contributed by atoms with E-state index in [1.807, 2.05) is 26.0 Å². The molecule has 0 amide bonds. The van der Waals surface area contributed by atoms with Gasteiger partial charge in [0, 0.05) is 36.8 Å². The largest absolute Gasteiger partial charge is 0.388 e. The van der Waals surface area contributed by atoms with E-state index < -0.39 is 6.10 Å². The Kier molecular flexibility index (Phi) is 4.29. The molecule has 2 aliphatic rings. The fourth-order valence-corrected chi connectivity index (χ4v) is 3.69. The molecule has 4 heteroatoms. The van der Waals surface area contributed by atoms with Crippen LogP contribution in [-0.4, -0.2) is 35.5 Å². The fourth-order valence-electron chi connectivity index (χ4n) is 3.69. The third-order valence-electron chi connectivity index (χ3n) is 4.97. The third kappa shape index (κ3) is 3.12. The average Bonchev–Trinajstić information content (AvgIpc) is 2.47. The van der Waals surface area contributed by atoms with Gasteiger partial charge in [0.2, 0.25) is 0 Å². The van der Waals surface area contributed by atoms with Crippen LogP contribution in [0.2, 0.25) is 0 Å². The molecular formula is C17H25NO3. The van der Waals surface area contributed by atoms with Gasteiger partial charge in [0.25, 0.3) is 0 Å². The summed E-state index contributed by atoms with van der Waals surface area (Å²) in [7, 11) is 0. The maximum Gasteiger partial charge on any atom is 0.0837 e. The van der Waals surface area contributed by atoms with Crippen molar-refractivity contribution in [1.29, 1.82) is 0 Å². The van der Waals surface area contributed by atoms with Crippen molar-refractivity contribution in [3.63, 3.8) is 0 Å². The minimum Gasteiger partial charge on any atom is -0.388 e. The summed E-state index contributed by atoms with van der Waals surface area (Å²) in [5.74, 6) is 0.250. The van der Waals surface area contributed by atoms with Crippen LogP contribution in [-0.2, 0) is 9.47 Å². The number of nitrogens with zero attached hydrogens (tertiary/aromatic N) is 1. The van der Waals surface area contributed by atoms with Gasteiger partial charge < -0.3 is 14.6 Å². The molecule has 1 spiro atoms. The molecule has 0 bridgehead atoms. The molecule has 1 aromatic rings. The first kappa shape index (κ1) is 14.9. The van der Waals surface area contributed by atoms with E-state index in [1.165, 1.54) is 0 Å². The van der Waals surface area contributed by atoms with Crippen LogP contribution in [0.5, 0.6) is 0 Å². The second-order valence-corrected chi connectivity index (χ2v) is 6.47. The van der Waals surface area contributed by atoms with Crippen molar-refractivity contribution in [3.8, 4) is 0 Å². The predicted molar refractivity (Wildman–Crippen MR) is 80.1 cm³/mol. The van der Waals surface area contributed by atoms with Crippen LogP contribution >= 0.6 is 0 Å². The molecule has 1 N–H and O–H groups in total. The smallest absolute Gasteiger partial charge is 0.0837 e. The van der Waals surface area contributed by atoms with E-state index in [0.29, 0.717) is 0 Å². The van der Waals surface area contributed by atoms with Gasteiger partial charge in [-0.2, -0.15) is 0 Å². The van der Waals surface area contributed by atoms with Crippen LogP contribution in [0.4, 0.5) is 0 Å². The maximum atomic E-state index is 10.8. The second-order valence-electron chi connectivity index (χ2n) is 6.47. The van der Waals surface area contributed by atoms with Gasteiger partial charge in [-0.05, 0) is 51.5 Å². The molecule has 2 aliphatic heterocycles. The molecule has 2 saturated heterocycles. The van der Waals surface area contributed by atoms with Crippen molar-refractivity contribution in [1.82, 2.24) is 4.98 Å². The quantitative estimate of drug-likeness (QED) is 0.910. The van der Waals surface area contributed by atoms with Crippen molar-refractivity contribution in [2.45, 2.75) is 51.2 Å². The number of aromatic nitrogens is 1. The van der Waals surface area contributed by atoms with E-state index in [-0.39, 0.29) is 11.5 Å². The fraction of sp³-hybridized carbons (Fsp3) is 0.706. The Morgan fingerprint density at radius 2 is 2.00 bits per heavy atom. The van der Waals surface area contributed by atoms with Crippen LogP contribution in [0, 0.1) is 19.8 Å². The van der Waals surface area contributed by atoms with Crippen LogP contribution in [0.1, 0.15) is 48.7 Å². The Labute approximate surface area is 126 Å². The highest BCUT2D eigenvalue weighted by molar-refractivity contribution is 5.24. The number of aryl methyl sites for hydroxylation is 2. The molecular weight excluding hydrogens is 266 g/mol. The highest BCUT2D eigenvalue weighted by atomic mass is 16.5. The SMILES string of the molecule is Cc1ccc(C(O)C2CCOC3(CCOCC3)C2)c(C)n1. The summed E-state index contributed by atoms with van der Waals surface area (Å²) in [6, 6.07) is 4.00. The monoisotopic (exact) mass is 291 g/mol. The Morgan fingerprint density at radius 3 is 2.71 bits per heavy atom. The van der Waals surface area contributed by atoms with Crippen molar-refractivity contribution in [2.75, 3.05) is 19.8 Å². The number of hydrogen-bond acceptors (Lipinski definition) is 4. The van der Waals surface area contributed by atoms with Gasteiger partial charge in [-0.1, -0.05) is 6.07 Å².